The van der Waals surface area contributed by atoms with Gasteiger partial charge >= 0.3 is 0 Å². The van der Waals surface area contributed by atoms with Gasteiger partial charge in [0.15, 0.2) is 0 Å². The van der Waals surface area contributed by atoms with Gasteiger partial charge in [0, 0.05) is 64.0 Å². The molecule has 5 rings (SSSR count). The zero-order valence-corrected chi connectivity index (χ0v) is 21.8. The van der Waals surface area contributed by atoms with Gasteiger partial charge < -0.3 is 24.4 Å². The molecule has 0 atom stereocenters. The van der Waals surface area contributed by atoms with Crippen molar-refractivity contribution in [3.63, 3.8) is 0 Å². The van der Waals surface area contributed by atoms with Gasteiger partial charge in [0.2, 0.25) is 0 Å². The second-order valence-electron chi connectivity index (χ2n) is 10.2. The lowest BCUT2D eigenvalue weighted by Gasteiger charge is -2.32. The summed E-state index contributed by atoms with van der Waals surface area (Å²) in [5.41, 5.74) is 2.49. The minimum Gasteiger partial charge on any atom is -0.496 e. The van der Waals surface area contributed by atoms with Crippen molar-refractivity contribution in [2.75, 3.05) is 46.4 Å². The van der Waals surface area contributed by atoms with Crippen LogP contribution in [-0.4, -0.2) is 78.3 Å². The Morgan fingerprint density at radius 2 is 1.66 bits per heavy atom. The summed E-state index contributed by atoms with van der Waals surface area (Å²) in [7, 11) is 3.33. The number of Topliss-reactive ketones (excluding diaryl/α,β-unsaturated/α-hetero) is 1. The number of ketones is 1. The van der Waals surface area contributed by atoms with Crippen LogP contribution in [0.25, 0.3) is 10.9 Å². The molecule has 38 heavy (non-hydrogen) atoms. The lowest BCUT2D eigenvalue weighted by atomic mass is 9.90. The van der Waals surface area contributed by atoms with E-state index in [9.17, 15) is 18.8 Å². The van der Waals surface area contributed by atoms with Gasteiger partial charge in [0.05, 0.1) is 23.8 Å². The number of likely N-dealkylation sites (tertiary alicyclic amines) is 1. The van der Waals surface area contributed by atoms with Gasteiger partial charge in [-0.1, -0.05) is 12.1 Å². The van der Waals surface area contributed by atoms with Crippen molar-refractivity contribution in [3.05, 3.63) is 65.1 Å². The molecule has 1 N–H and O–H groups in total. The van der Waals surface area contributed by atoms with E-state index in [-0.39, 0.29) is 11.7 Å². The van der Waals surface area contributed by atoms with Crippen molar-refractivity contribution in [1.29, 1.82) is 0 Å². The number of aryl methyl sites for hydroxylation is 1. The fraction of sp³-hybridized carbons (Fsp3) is 0.414. The lowest BCUT2D eigenvalue weighted by Crippen LogP contribution is -2.48. The van der Waals surface area contributed by atoms with E-state index in [4.69, 9.17) is 4.74 Å². The maximum Gasteiger partial charge on any atom is 0.295 e. The number of rotatable bonds is 6. The number of aromatic nitrogens is 1. The molecule has 2 aromatic carbocycles. The van der Waals surface area contributed by atoms with Gasteiger partial charge in [-0.2, -0.15) is 0 Å². The molecular formula is C29H33FN4O4. The molecule has 0 aliphatic carbocycles. The first kappa shape index (κ1) is 25.9. The quantitative estimate of drug-likeness (QED) is 0.399. The van der Waals surface area contributed by atoms with Crippen LogP contribution in [0.3, 0.4) is 0 Å². The number of benzene rings is 2. The third-order valence-corrected chi connectivity index (χ3v) is 7.72. The third kappa shape index (κ3) is 5.15. The number of piperidine rings is 1. The fourth-order valence-electron chi connectivity index (χ4n) is 5.52. The van der Waals surface area contributed by atoms with E-state index in [0.29, 0.717) is 73.0 Å². The predicted octanol–water partition coefficient (Wildman–Crippen LogP) is 3.04. The van der Waals surface area contributed by atoms with E-state index in [1.54, 1.807) is 34.8 Å². The van der Waals surface area contributed by atoms with Gasteiger partial charge in [-0.3, -0.25) is 14.4 Å². The van der Waals surface area contributed by atoms with Crippen LogP contribution in [0.1, 0.15) is 39.1 Å². The summed E-state index contributed by atoms with van der Waals surface area (Å²) in [6.45, 7) is 3.51. The molecule has 2 aliphatic heterocycles. The highest BCUT2D eigenvalue weighted by Gasteiger charge is 2.30. The maximum absolute atomic E-state index is 13.6. The first-order valence-corrected chi connectivity index (χ1v) is 13.1. The Morgan fingerprint density at radius 1 is 0.974 bits per heavy atom. The normalized spacial score (nSPS) is 16.6. The number of hydrogen-bond acceptors (Lipinski definition) is 5. The highest BCUT2D eigenvalue weighted by molar-refractivity contribution is 6.45. The van der Waals surface area contributed by atoms with Crippen molar-refractivity contribution in [3.8, 4) is 5.75 Å². The summed E-state index contributed by atoms with van der Waals surface area (Å²) in [6.07, 6.45) is 4.21. The Morgan fingerprint density at radius 3 is 2.32 bits per heavy atom. The van der Waals surface area contributed by atoms with Crippen LogP contribution < -0.4 is 10.1 Å². The van der Waals surface area contributed by atoms with Crippen molar-refractivity contribution in [2.45, 2.75) is 19.3 Å². The zero-order valence-electron chi connectivity index (χ0n) is 21.8. The van der Waals surface area contributed by atoms with E-state index in [2.05, 4.69) is 5.32 Å². The number of nitrogens with zero attached hydrogens (tertiary/aromatic N) is 3. The van der Waals surface area contributed by atoms with Crippen LogP contribution in [0.5, 0.6) is 5.75 Å². The van der Waals surface area contributed by atoms with Crippen LogP contribution in [0.4, 0.5) is 4.39 Å². The summed E-state index contributed by atoms with van der Waals surface area (Å²) in [4.78, 5) is 43.2. The summed E-state index contributed by atoms with van der Waals surface area (Å²) in [6, 6.07) is 10.1. The SMILES string of the molecule is COc1cc2c(cc1C(=O)N1CCC(Cc3ccc(F)cc3)CC1)c(C(=O)C(=O)N1CCNCC1)cn2C. The van der Waals surface area contributed by atoms with Gasteiger partial charge in [-0.05, 0) is 48.9 Å². The van der Waals surface area contributed by atoms with E-state index in [0.717, 1.165) is 24.8 Å². The number of fused-ring (bicyclic) bond motifs is 1. The number of ether oxygens (including phenoxy) is 1. The molecule has 2 fully saturated rings. The number of nitrogens with one attached hydrogen (secondary N) is 1. The van der Waals surface area contributed by atoms with Crippen LogP contribution in [0.15, 0.2) is 42.6 Å². The summed E-state index contributed by atoms with van der Waals surface area (Å²) in [5.74, 6) is -0.627. The molecule has 1 aromatic heterocycles. The highest BCUT2D eigenvalue weighted by atomic mass is 19.1. The topological polar surface area (TPSA) is 83.9 Å². The van der Waals surface area contributed by atoms with Crippen LogP contribution in [0, 0.1) is 11.7 Å². The molecule has 8 nitrogen and oxygen atoms in total. The molecule has 3 heterocycles. The fourth-order valence-corrected chi connectivity index (χ4v) is 5.52. The number of hydrogen-bond donors (Lipinski definition) is 1. The van der Waals surface area contributed by atoms with E-state index in [1.807, 2.05) is 17.0 Å². The minimum absolute atomic E-state index is 0.153. The van der Waals surface area contributed by atoms with E-state index in [1.165, 1.54) is 19.2 Å². The van der Waals surface area contributed by atoms with Gasteiger partial charge in [0.25, 0.3) is 17.6 Å². The lowest BCUT2D eigenvalue weighted by molar-refractivity contribution is -0.126. The Labute approximate surface area is 221 Å². The first-order chi connectivity index (χ1) is 18.4. The number of methoxy groups -OCH3 is 1. The largest absolute Gasteiger partial charge is 0.496 e. The number of carbonyl (C=O) groups is 3. The predicted molar refractivity (Wildman–Crippen MR) is 142 cm³/mol. The summed E-state index contributed by atoms with van der Waals surface area (Å²) < 4.78 is 20.6. The van der Waals surface area contributed by atoms with Gasteiger partial charge in [0.1, 0.15) is 11.6 Å². The molecule has 0 saturated carbocycles. The van der Waals surface area contributed by atoms with Gasteiger partial charge in [-0.25, -0.2) is 4.39 Å². The van der Waals surface area contributed by atoms with Gasteiger partial charge in [-0.15, -0.1) is 0 Å². The summed E-state index contributed by atoms with van der Waals surface area (Å²) in [5, 5.41) is 3.75. The molecule has 0 radical (unpaired) electrons. The molecule has 0 bridgehead atoms. The molecular weight excluding hydrogens is 487 g/mol. The summed E-state index contributed by atoms with van der Waals surface area (Å²) >= 11 is 0. The molecule has 9 heteroatoms. The van der Waals surface area contributed by atoms with Crippen molar-refractivity contribution in [1.82, 2.24) is 19.7 Å². The van der Waals surface area contributed by atoms with Crippen molar-refractivity contribution in [2.24, 2.45) is 13.0 Å². The molecule has 2 saturated heterocycles. The molecule has 2 aliphatic rings. The number of amides is 2. The second-order valence-corrected chi connectivity index (χ2v) is 10.2. The average molecular weight is 521 g/mol. The monoisotopic (exact) mass is 520 g/mol. The van der Waals surface area contributed by atoms with Crippen LogP contribution >= 0.6 is 0 Å². The number of halogens is 1. The minimum atomic E-state index is -0.567. The molecule has 0 spiro atoms. The Hall–Kier alpha value is -3.72. The molecule has 0 unspecified atom stereocenters. The molecule has 200 valence electrons. The smallest absolute Gasteiger partial charge is 0.295 e. The van der Waals surface area contributed by atoms with Crippen LogP contribution in [0.2, 0.25) is 0 Å². The second kappa shape index (κ2) is 10.9. The Bertz CT molecular complexity index is 1350. The first-order valence-electron chi connectivity index (χ1n) is 13.1. The van der Waals surface area contributed by atoms with E-state index >= 15 is 0 Å². The highest BCUT2D eigenvalue weighted by Crippen LogP contribution is 2.32. The number of carbonyl (C=O) groups excluding carboxylic acids is 3. The third-order valence-electron chi connectivity index (χ3n) is 7.72. The standard InChI is InChI=1S/C29H33FN4O4/c1-32-18-24(27(35)29(37)34-13-9-31-10-14-34)22-16-23(26(38-2)17-25(22)32)28(36)33-11-7-20(8-12-33)15-19-3-5-21(30)6-4-19/h3-6,16-18,20,31H,7-15H2,1-2H3. The van der Waals surface area contributed by atoms with E-state index < -0.39 is 11.7 Å². The average Bonchev–Trinajstić information content (AvgIpc) is 3.28. The molecule has 2 amide bonds. The Kier molecular flexibility index (Phi) is 7.46. The van der Waals surface area contributed by atoms with Crippen molar-refractivity contribution < 1.29 is 23.5 Å². The van der Waals surface area contributed by atoms with Crippen LogP contribution in [-0.2, 0) is 18.3 Å². The zero-order chi connectivity index (χ0) is 26.8. The molecule has 3 aromatic rings. The maximum atomic E-state index is 13.6. The number of piperazine rings is 1. The van der Waals surface area contributed by atoms with Crippen molar-refractivity contribution >= 4 is 28.5 Å². The Balaban J connectivity index is 1.35.